The third kappa shape index (κ3) is 8.93. The summed E-state index contributed by atoms with van der Waals surface area (Å²) >= 11 is 0. The second-order valence-electron chi connectivity index (χ2n) is 10.4. The number of hydrogen-bond acceptors (Lipinski definition) is 6. The highest BCUT2D eigenvalue weighted by atomic mass is 19.4. The van der Waals surface area contributed by atoms with Crippen LogP contribution in [0.15, 0.2) is 59.2 Å². The molecule has 3 aromatic rings. The van der Waals surface area contributed by atoms with E-state index in [9.17, 15) is 31.1 Å². The van der Waals surface area contributed by atoms with Crippen LogP contribution in [0.2, 0.25) is 0 Å². The number of aryl methyl sites for hydroxylation is 1. The van der Waals surface area contributed by atoms with Gasteiger partial charge in [0.05, 0.1) is 47.0 Å². The number of pyridine rings is 1. The average Bonchev–Trinajstić information content (AvgIpc) is 2.94. The molecule has 4 N–H and O–H groups in total. The van der Waals surface area contributed by atoms with Crippen LogP contribution in [0.1, 0.15) is 66.1 Å². The third-order valence-electron chi connectivity index (χ3n) is 6.96. The molecule has 1 aromatic carbocycles. The minimum absolute atomic E-state index is 0.162. The molecule has 1 saturated carbocycles. The van der Waals surface area contributed by atoms with Crippen molar-refractivity contribution in [3.63, 3.8) is 0 Å². The molecule has 0 saturated heterocycles. The quantitative estimate of drug-likeness (QED) is 0.181. The maximum absolute atomic E-state index is 13.9. The van der Waals surface area contributed by atoms with Crippen molar-refractivity contribution >= 4 is 29.2 Å². The number of halogens is 6. The van der Waals surface area contributed by atoms with E-state index in [0.29, 0.717) is 12.8 Å². The van der Waals surface area contributed by atoms with Gasteiger partial charge >= 0.3 is 6.18 Å². The molecule has 16 heteroatoms. The van der Waals surface area contributed by atoms with Crippen molar-refractivity contribution in [1.29, 1.82) is 0 Å². The summed E-state index contributed by atoms with van der Waals surface area (Å²) in [6.07, 6.45) is -3.06. The van der Waals surface area contributed by atoms with Crippen LogP contribution in [0.25, 0.3) is 5.70 Å². The molecule has 228 valence electrons. The molecule has 0 unspecified atom stereocenters. The molecule has 0 spiro atoms. The van der Waals surface area contributed by atoms with Gasteiger partial charge in [-0.25, -0.2) is 23.7 Å². The van der Waals surface area contributed by atoms with Crippen molar-refractivity contribution in [2.24, 2.45) is 11.6 Å². The lowest BCUT2D eigenvalue weighted by Gasteiger charge is -2.37. The van der Waals surface area contributed by atoms with Gasteiger partial charge in [0.25, 0.3) is 12.0 Å². The molecule has 4 rings (SSSR count). The van der Waals surface area contributed by atoms with Gasteiger partial charge in [-0.2, -0.15) is 18.3 Å². The van der Waals surface area contributed by atoms with Crippen LogP contribution in [-0.4, -0.2) is 55.0 Å². The predicted octanol–water partition coefficient (Wildman–Crippen LogP) is 4.07. The topological polar surface area (TPSA) is 103 Å². The van der Waals surface area contributed by atoms with Gasteiger partial charge in [0.15, 0.2) is 0 Å². The summed E-state index contributed by atoms with van der Waals surface area (Å²) in [4.78, 5) is 17.1. The first-order valence-corrected chi connectivity index (χ1v) is 13.6. The Kier molecular flexibility index (Phi) is 11.4. The monoisotopic (exact) mass is 612 g/mol. The van der Waals surface area contributed by atoms with E-state index in [1.165, 1.54) is 18.2 Å². The van der Waals surface area contributed by atoms with Crippen LogP contribution in [0.4, 0.5) is 26.3 Å². The molecule has 2 aromatic heterocycles. The van der Waals surface area contributed by atoms with Gasteiger partial charge in [0.2, 0.25) is 0 Å². The van der Waals surface area contributed by atoms with Crippen LogP contribution < -0.4 is 17.1 Å². The lowest BCUT2D eigenvalue weighted by Crippen LogP contribution is -2.55. The van der Waals surface area contributed by atoms with Crippen LogP contribution in [-0.2, 0) is 12.7 Å². The zero-order chi connectivity index (χ0) is 32.8. The second kappa shape index (κ2) is 14.4. The average molecular weight is 612 g/mol. The highest BCUT2D eigenvalue weighted by molar-refractivity contribution is 6.59. The molecular weight excluding hydrogens is 583 g/mol. The summed E-state index contributed by atoms with van der Waals surface area (Å²) in [6.45, 7) is 1.18. The summed E-state index contributed by atoms with van der Waals surface area (Å²) in [5.74, 6) is 5.16. The van der Waals surface area contributed by atoms with Gasteiger partial charge in [-0.3, -0.25) is 9.78 Å². The molecule has 1 aliphatic rings. The second-order valence-corrected chi connectivity index (χ2v) is 10.4. The Morgan fingerprint density at radius 3 is 2.27 bits per heavy atom. The highest BCUT2D eigenvalue weighted by Gasteiger charge is 2.35. The number of allylic oxidation sites excluding steroid dienone is 1. The zero-order valence-electron chi connectivity index (χ0n) is 23.9. The molecule has 2 heterocycles. The van der Waals surface area contributed by atoms with Gasteiger partial charge in [-0.15, -0.1) is 0 Å². The summed E-state index contributed by atoms with van der Waals surface area (Å²) in [5.41, 5.74) is 2.83. The summed E-state index contributed by atoms with van der Waals surface area (Å²) in [7, 11) is 16.3. The molecular formula is C28H29B3F6N6O. The lowest BCUT2D eigenvalue weighted by atomic mass is 9.49. The molecule has 1 fully saturated rings. The van der Waals surface area contributed by atoms with Crippen LogP contribution in [0, 0.1) is 12.7 Å². The fourth-order valence-electron chi connectivity index (χ4n) is 4.77. The van der Waals surface area contributed by atoms with E-state index in [-0.39, 0.29) is 28.0 Å². The zero-order valence-corrected chi connectivity index (χ0v) is 23.9. The van der Waals surface area contributed by atoms with Crippen molar-refractivity contribution in [3.8, 4) is 0 Å². The van der Waals surface area contributed by atoms with Crippen molar-refractivity contribution in [2.75, 3.05) is 0 Å². The van der Waals surface area contributed by atoms with E-state index < -0.39 is 52.6 Å². The minimum atomic E-state index is -4.74. The Hall–Kier alpha value is -3.68. The van der Waals surface area contributed by atoms with E-state index in [0.717, 1.165) is 47.8 Å². The Bertz CT molecular complexity index is 1500. The summed E-state index contributed by atoms with van der Waals surface area (Å²) in [5, 5.41) is 1.74. The van der Waals surface area contributed by atoms with E-state index in [4.69, 9.17) is 35.1 Å². The Morgan fingerprint density at radius 1 is 1.09 bits per heavy atom. The molecule has 6 radical (unpaired) electrons. The first-order valence-electron chi connectivity index (χ1n) is 13.6. The fraction of sp³-hybridized carbons (Fsp3) is 0.393. The molecule has 1 aliphatic carbocycles. The fourth-order valence-corrected chi connectivity index (χ4v) is 4.77. The maximum Gasteiger partial charge on any atom is 0.418 e. The summed E-state index contributed by atoms with van der Waals surface area (Å²) < 4.78 is 81.3. The molecule has 44 heavy (non-hydrogen) atoms. The molecule has 0 bridgehead atoms. The number of benzene rings is 1. The van der Waals surface area contributed by atoms with Crippen LogP contribution in [0.3, 0.4) is 0 Å². The normalized spacial score (nSPS) is 14.9. The van der Waals surface area contributed by atoms with Crippen molar-refractivity contribution < 1.29 is 26.3 Å². The van der Waals surface area contributed by atoms with Crippen molar-refractivity contribution in [2.45, 2.75) is 69.3 Å². The number of alkyl halides is 5. The number of rotatable bonds is 7. The largest absolute Gasteiger partial charge is 0.418 e. The molecule has 0 atom stereocenters. The van der Waals surface area contributed by atoms with E-state index >= 15 is 0 Å². The number of nitrogens with two attached hydrogens (primary N) is 2. The van der Waals surface area contributed by atoms with E-state index in [2.05, 4.69) is 10.1 Å². The standard InChI is InChI=1S/C21H22B3F5N6O.C7H7F/c22-21(23,24)35(31)17(18(25)26)16(30)14-9-12(11-5-2-1-3-6-11)19(36)34(33-14)10-15-13(20(27,28)29)7-4-8-32-15;1-6-3-2-4-7(8)5-6/h4,7-9,11,18H,1-3,5-6,10,30-31H2;2-5H,1H3/b17-16-;. The lowest BCUT2D eigenvalue weighted by molar-refractivity contribution is -0.138. The number of aromatic nitrogens is 3. The maximum atomic E-state index is 13.9. The van der Waals surface area contributed by atoms with Crippen molar-refractivity contribution in [1.82, 2.24) is 19.8 Å². The SMILES string of the molecule is Cc1cccc(F)c1.[B]C([B])([B])N(N)/C(=C(\N)c1cc(C2CCCCC2)c(=O)n(Cc2ncccc2C(F)(F)F)n1)C(F)F. The summed E-state index contributed by atoms with van der Waals surface area (Å²) in [6, 6.07) is 9.67. The van der Waals surface area contributed by atoms with E-state index in [1.807, 2.05) is 13.0 Å². The minimum Gasteiger partial charge on any atom is -0.395 e. The highest BCUT2D eigenvalue weighted by Crippen LogP contribution is 2.33. The number of hydrogen-bond donors (Lipinski definition) is 2. The van der Waals surface area contributed by atoms with E-state index in [1.54, 1.807) is 6.07 Å². The Morgan fingerprint density at radius 2 is 1.75 bits per heavy atom. The smallest absolute Gasteiger partial charge is 0.395 e. The van der Waals surface area contributed by atoms with Crippen LogP contribution >= 0.6 is 0 Å². The Balaban J connectivity index is 0.000000572. The van der Waals surface area contributed by atoms with Gasteiger partial charge in [-0.05, 0) is 61.6 Å². The predicted molar refractivity (Wildman–Crippen MR) is 157 cm³/mol. The van der Waals surface area contributed by atoms with Crippen molar-refractivity contribution in [3.05, 3.63) is 98.6 Å². The van der Waals surface area contributed by atoms with Crippen LogP contribution in [0.5, 0.6) is 0 Å². The van der Waals surface area contributed by atoms with Gasteiger partial charge in [-0.1, -0.05) is 36.6 Å². The molecule has 7 nitrogen and oxygen atoms in total. The molecule has 0 aliphatic heterocycles. The third-order valence-corrected chi connectivity index (χ3v) is 6.96. The van der Waals surface area contributed by atoms with Gasteiger partial charge in [0, 0.05) is 11.8 Å². The number of nitrogens with zero attached hydrogens (tertiary/aromatic N) is 4. The first-order chi connectivity index (χ1) is 20.5. The number of hydrazine groups is 1. The molecule has 0 amide bonds. The Labute approximate surface area is 254 Å². The van der Waals surface area contributed by atoms with Gasteiger partial charge in [0.1, 0.15) is 17.2 Å². The van der Waals surface area contributed by atoms with Gasteiger partial charge < -0.3 is 10.7 Å². The first kappa shape index (κ1) is 34.8.